The lowest BCUT2D eigenvalue weighted by atomic mass is 10.7. The maximum absolute atomic E-state index is 4.90. The van der Waals surface area contributed by atoms with Crippen LogP contribution in [-0.2, 0) is 4.84 Å². The maximum Gasteiger partial charge on any atom is 0.228 e. The lowest BCUT2D eigenvalue weighted by molar-refractivity contribution is 0.174. The van der Waals surface area contributed by atoms with Gasteiger partial charge in [0.1, 0.15) is 6.61 Å². The highest BCUT2D eigenvalue weighted by atomic mass is 16.6. The molecule has 0 unspecified atom stereocenters. The Morgan fingerprint density at radius 3 is 2.75 bits per heavy atom. The van der Waals surface area contributed by atoms with E-state index in [1.54, 1.807) is 6.08 Å². The van der Waals surface area contributed by atoms with Crippen LogP contribution in [0.1, 0.15) is 0 Å². The van der Waals surface area contributed by atoms with Crippen molar-refractivity contribution < 1.29 is 4.84 Å². The lowest BCUT2D eigenvalue weighted by Crippen LogP contribution is -2.22. The smallest absolute Gasteiger partial charge is 0.228 e. The average molecular weight is 115 g/mol. The molecule has 4 N–H and O–H groups in total. The summed E-state index contributed by atoms with van der Waals surface area (Å²) in [7, 11) is 0. The van der Waals surface area contributed by atoms with E-state index in [1.807, 2.05) is 0 Å². The van der Waals surface area contributed by atoms with E-state index in [-0.39, 0.29) is 5.96 Å². The normalized spacial score (nSPS) is 7.50. The molecular weight excluding hydrogens is 106 g/mol. The monoisotopic (exact) mass is 115 g/mol. The van der Waals surface area contributed by atoms with E-state index in [4.69, 9.17) is 11.5 Å². The van der Waals surface area contributed by atoms with Crippen LogP contribution in [0.25, 0.3) is 0 Å². The fourth-order valence-corrected chi connectivity index (χ4v) is 0.165. The molecule has 0 radical (unpaired) electrons. The molecule has 0 fully saturated rings. The van der Waals surface area contributed by atoms with Gasteiger partial charge in [0.15, 0.2) is 0 Å². The van der Waals surface area contributed by atoms with Gasteiger partial charge in [0, 0.05) is 0 Å². The van der Waals surface area contributed by atoms with Crippen molar-refractivity contribution in [2.45, 2.75) is 0 Å². The largest absolute Gasteiger partial charge is 0.389 e. The fraction of sp³-hybridized carbons (Fsp3) is 0.250. The van der Waals surface area contributed by atoms with Gasteiger partial charge in [-0.25, -0.2) is 0 Å². The van der Waals surface area contributed by atoms with E-state index in [1.165, 1.54) is 0 Å². The molecule has 0 aliphatic heterocycles. The summed E-state index contributed by atoms with van der Waals surface area (Å²) in [5.74, 6) is -0.0770. The van der Waals surface area contributed by atoms with Crippen molar-refractivity contribution in [3.8, 4) is 0 Å². The number of nitrogens with two attached hydrogens (primary N) is 2. The Kier molecular flexibility index (Phi) is 3.39. The Balaban J connectivity index is 3.15. The highest BCUT2D eigenvalue weighted by molar-refractivity contribution is 5.74. The summed E-state index contributed by atoms with van der Waals surface area (Å²) in [5, 5.41) is 3.22. The van der Waals surface area contributed by atoms with Crippen LogP contribution in [-0.4, -0.2) is 12.6 Å². The Bertz CT molecular complexity index is 95.5. The third-order valence-electron chi connectivity index (χ3n) is 0.362. The van der Waals surface area contributed by atoms with Crippen LogP contribution in [0.4, 0.5) is 0 Å². The average Bonchev–Trinajstić information content (AvgIpc) is 1.66. The molecule has 0 aliphatic carbocycles. The van der Waals surface area contributed by atoms with E-state index in [9.17, 15) is 0 Å². The third-order valence-corrected chi connectivity index (χ3v) is 0.362. The van der Waals surface area contributed by atoms with Gasteiger partial charge in [0.05, 0.1) is 0 Å². The van der Waals surface area contributed by atoms with Gasteiger partial charge in [-0.15, -0.1) is 0 Å². The first-order valence-electron chi connectivity index (χ1n) is 2.09. The molecule has 0 heterocycles. The Morgan fingerprint density at radius 2 is 2.38 bits per heavy atom. The summed E-state index contributed by atoms with van der Waals surface area (Å²) in [4.78, 5) is 4.46. The SMILES string of the molecule is C=CCON=C(N)N. The molecule has 0 bridgehead atoms. The van der Waals surface area contributed by atoms with Crippen LogP contribution in [0.3, 0.4) is 0 Å². The van der Waals surface area contributed by atoms with Gasteiger partial charge >= 0.3 is 0 Å². The second kappa shape index (κ2) is 3.98. The Hall–Kier alpha value is -1.19. The van der Waals surface area contributed by atoms with Gasteiger partial charge in [0.2, 0.25) is 5.96 Å². The number of rotatable bonds is 3. The van der Waals surface area contributed by atoms with Gasteiger partial charge in [-0.2, -0.15) is 0 Å². The van der Waals surface area contributed by atoms with Crippen LogP contribution in [0.2, 0.25) is 0 Å². The van der Waals surface area contributed by atoms with Gasteiger partial charge in [-0.05, 0) is 5.16 Å². The topological polar surface area (TPSA) is 73.6 Å². The molecule has 0 atom stereocenters. The zero-order valence-corrected chi connectivity index (χ0v) is 4.50. The third kappa shape index (κ3) is 4.81. The molecule has 0 aliphatic rings. The van der Waals surface area contributed by atoms with E-state index in [0.29, 0.717) is 6.61 Å². The molecule has 0 saturated carbocycles. The lowest BCUT2D eigenvalue weighted by Gasteiger charge is -1.90. The van der Waals surface area contributed by atoms with Crippen molar-refractivity contribution in [2.24, 2.45) is 16.6 Å². The first-order valence-corrected chi connectivity index (χ1v) is 2.09. The number of guanidine groups is 1. The fourth-order valence-electron chi connectivity index (χ4n) is 0.165. The van der Waals surface area contributed by atoms with E-state index < -0.39 is 0 Å². The molecule has 0 saturated heterocycles. The minimum Gasteiger partial charge on any atom is -0.389 e. The van der Waals surface area contributed by atoms with Crippen molar-refractivity contribution in [2.75, 3.05) is 6.61 Å². The minimum atomic E-state index is -0.0770. The molecule has 0 spiro atoms. The van der Waals surface area contributed by atoms with Gasteiger partial charge < -0.3 is 16.3 Å². The van der Waals surface area contributed by atoms with Crippen molar-refractivity contribution in [1.82, 2.24) is 0 Å². The van der Waals surface area contributed by atoms with Crippen LogP contribution in [0.5, 0.6) is 0 Å². The maximum atomic E-state index is 4.90. The van der Waals surface area contributed by atoms with Crippen molar-refractivity contribution in [1.29, 1.82) is 0 Å². The molecule has 0 aromatic rings. The van der Waals surface area contributed by atoms with Crippen LogP contribution in [0.15, 0.2) is 17.8 Å². The minimum absolute atomic E-state index is 0.0770. The van der Waals surface area contributed by atoms with Crippen molar-refractivity contribution in [3.05, 3.63) is 12.7 Å². The van der Waals surface area contributed by atoms with Crippen LogP contribution >= 0.6 is 0 Å². The summed E-state index contributed by atoms with van der Waals surface area (Å²) in [6.07, 6.45) is 1.55. The molecule has 4 nitrogen and oxygen atoms in total. The number of hydrogen-bond donors (Lipinski definition) is 2. The predicted octanol–water partition coefficient (Wildman–Crippen LogP) is -0.623. The number of hydrogen-bond acceptors (Lipinski definition) is 2. The van der Waals surface area contributed by atoms with Crippen molar-refractivity contribution >= 4 is 5.96 Å². The molecule has 4 heteroatoms. The predicted molar refractivity (Wildman–Crippen MR) is 32.0 cm³/mol. The number of oxime groups is 1. The summed E-state index contributed by atoms with van der Waals surface area (Å²) in [5.41, 5.74) is 9.80. The second-order valence-corrected chi connectivity index (χ2v) is 1.10. The van der Waals surface area contributed by atoms with Gasteiger partial charge in [-0.1, -0.05) is 12.7 Å². The number of nitrogens with zero attached hydrogens (tertiary/aromatic N) is 1. The summed E-state index contributed by atoms with van der Waals surface area (Å²) < 4.78 is 0. The van der Waals surface area contributed by atoms with Gasteiger partial charge in [-0.3, -0.25) is 0 Å². The Morgan fingerprint density at radius 1 is 1.75 bits per heavy atom. The molecule has 8 heavy (non-hydrogen) atoms. The molecule has 0 aromatic heterocycles. The summed E-state index contributed by atoms with van der Waals surface area (Å²) in [6, 6.07) is 0. The van der Waals surface area contributed by atoms with Crippen LogP contribution < -0.4 is 11.5 Å². The zero-order chi connectivity index (χ0) is 6.41. The molecule has 0 rings (SSSR count). The molecule has 0 aromatic carbocycles. The molecule has 0 amide bonds. The van der Waals surface area contributed by atoms with Crippen molar-refractivity contribution in [3.63, 3.8) is 0 Å². The Labute approximate surface area is 47.8 Å². The molecule has 46 valence electrons. The first-order chi connectivity index (χ1) is 3.77. The van der Waals surface area contributed by atoms with Crippen LogP contribution in [0, 0.1) is 0 Å². The summed E-state index contributed by atoms with van der Waals surface area (Å²) in [6.45, 7) is 3.71. The highest BCUT2D eigenvalue weighted by Gasteiger charge is 1.75. The summed E-state index contributed by atoms with van der Waals surface area (Å²) >= 11 is 0. The van der Waals surface area contributed by atoms with E-state index in [2.05, 4.69) is 16.6 Å². The quantitative estimate of drug-likeness (QED) is 0.169. The second-order valence-electron chi connectivity index (χ2n) is 1.10. The highest BCUT2D eigenvalue weighted by Crippen LogP contribution is 1.72. The molecular formula is C4H9N3O. The van der Waals surface area contributed by atoms with E-state index in [0.717, 1.165) is 0 Å². The standard InChI is InChI=1S/C4H9N3O/c1-2-3-8-7-4(5)6/h2H,1,3H2,(H4,5,6,7). The first kappa shape index (κ1) is 6.81. The van der Waals surface area contributed by atoms with Gasteiger partial charge in [0.25, 0.3) is 0 Å². The van der Waals surface area contributed by atoms with E-state index >= 15 is 0 Å². The zero-order valence-electron chi connectivity index (χ0n) is 4.50.